The Balaban J connectivity index is 1.48. The summed E-state index contributed by atoms with van der Waals surface area (Å²) in [5, 5.41) is 11.6. The molecular weight excluding hydrogens is 374 g/mol. The fourth-order valence-electron chi connectivity index (χ4n) is 5.04. The van der Waals surface area contributed by atoms with Gasteiger partial charge in [0, 0.05) is 24.9 Å². The van der Waals surface area contributed by atoms with Crippen LogP contribution in [0.4, 0.5) is 4.79 Å². The van der Waals surface area contributed by atoms with E-state index in [1.165, 1.54) is 5.56 Å². The van der Waals surface area contributed by atoms with Crippen LogP contribution in [0, 0.1) is 0 Å². The first-order valence-corrected chi connectivity index (χ1v) is 11.1. The Morgan fingerprint density at radius 2 is 1.63 bits per heavy atom. The van der Waals surface area contributed by atoms with E-state index < -0.39 is 5.60 Å². The maximum absolute atomic E-state index is 12.9. The molecular formula is C26H33NO3. The van der Waals surface area contributed by atoms with Gasteiger partial charge in [-0.25, -0.2) is 4.79 Å². The molecule has 2 aromatic carbocycles. The average molecular weight is 408 g/mol. The van der Waals surface area contributed by atoms with E-state index >= 15 is 0 Å². The molecule has 2 fully saturated rings. The van der Waals surface area contributed by atoms with Crippen LogP contribution in [0.2, 0.25) is 0 Å². The lowest BCUT2D eigenvalue weighted by Crippen LogP contribution is -2.58. The van der Waals surface area contributed by atoms with E-state index in [1.807, 2.05) is 35.2 Å². The number of benzene rings is 2. The molecule has 2 atom stereocenters. The van der Waals surface area contributed by atoms with Crippen molar-refractivity contribution in [2.45, 2.75) is 82.6 Å². The maximum Gasteiger partial charge on any atom is 0.410 e. The number of ether oxygens (including phenoxy) is 1. The summed E-state index contributed by atoms with van der Waals surface area (Å²) in [6.45, 7) is 6.87. The van der Waals surface area contributed by atoms with Crippen LogP contribution in [0.3, 0.4) is 0 Å². The van der Waals surface area contributed by atoms with Crippen LogP contribution in [0.15, 0.2) is 54.6 Å². The highest BCUT2D eigenvalue weighted by Gasteiger charge is 2.48. The second-order valence-electron chi connectivity index (χ2n) is 9.95. The Morgan fingerprint density at radius 3 is 2.20 bits per heavy atom. The minimum Gasteiger partial charge on any atom is -0.445 e. The Bertz CT molecular complexity index is 855. The van der Waals surface area contributed by atoms with E-state index in [-0.39, 0.29) is 30.2 Å². The van der Waals surface area contributed by atoms with Crippen LogP contribution in [0.25, 0.3) is 0 Å². The SMILES string of the molecule is CC(C)(C)c1ccc(C2(O)CC3CCCC(C2)N3C(=O)OCc2ccccc2)cc1. The van der Waals surface area contributed by atoms with Gasteiger partial charge in [-0.05, 0) is 41.4 Å². The molecule has 2 aliphatic heterocycles. The van der Waals surface area contributed by atoms with Crippen molar-refractivity contribution in [3.8, 4) is 0 Å². The van der Waals surface area contributed by atoms with Crippen molar-refractivity contribution in [1.29, 1.82) is 0 Å². The molecule has 2 aromatic rings. The fraction of sp³-hybridized carbons (Fsp3) is 0.500. The number of hydrogen-bond donors (Lipinski definition) is 1. The van der Waals surface area contributed by atoms with Crippen LogP contribution in [-0.4, -0.2) is 28.2 Å². The molecule has 2 bridgehead atoms. The van der Waals surface area contributed by atoms with Crippen molar-refractivity contribution in [2.24, 2.45) is 0 Å². The van der Waals surface area contributed by atoms with E-state index in [1.54, 1.807) is 0 Å². The number of fused-ring (bicyclic) bond motifs is 2. The molecule has 1 amide bonds. The quantitative estimate of drug-likeness (QED) is 0.728. The fourth-order valence-corrected chi connectivity index (χ4v) is 5.04. The van der Waals surface area contributed by atoms with Gasteiger partial charge in [-0.1, -0.05) is 75.4 Å². The highest BCUT2D eigenvalue weighted by atomic mass is 16.6. The van der Waals surface area contributed by atoms with Crippen molar-refractivity contribution >= 4 is 6.09 Å². The maximum atomic E-state index is 12.9. The van der Waals surface area contributed by atoms with E-state index in [0.717, 1.165) is 30.4 Å². The Kier molecular flexibility index (Phi) is 5.63. The number of carbonyl (C=O) groups is 1. The molecule has 2 heterocycles. The van der Waals surface area contributed by atoms with Gasteiger partial charge in [0.1, 0.15) is 6.61 Å². The highest BCUT2D eigenvalue weighted by Crippen LogP contribution is 2.45. The summed E-state index contributed by atoms with van der Waals surface area (Å²) in [5.41, 5.74) is 2.41. The zero-order valence-corrected chi connectivity index (χ0v) is 18.3. The number of amides is 1. The summed E-state index contributed by atoms with van der Waals surface area (Å²) in [6, 6.07) is 18.2. The zero-order valence-electron chi connectivity index (χ0n) is 18.3. The molecule has 4 rings (SSSR count). The second-order valence-corrected chi connectivity index (χ2v) is 9.95. The smallest absolute Gasteiger partial charge is 0.410 e. The third kappa shape index (κ3) is 4.24. The monoisotopic (exact) mass is 407 g/mol. The molecule has 160 valence electrons. The van der Waals surface area contributed by atoms with E-state index in [2.05, 4.69) is 45.0 Å². The zero-order chi connectivity index (χ0) is 21.4. The molecule has 0 saturated carbocycles. The first kappa shape index (κ1) is 20.9. The second kappa shape index (κ2) is 8.07. The molecule has 0 aliphatic carbocycles. The Hall–Kier alpha value is -2.33. The number of hydrogen-bond acceptors (Lipinski definition) is 3. The first-order valence-electron chi connectivity index (χ1n) is 11.1. The molecule has 1 N–H and O–H groups in total. The van der Waals surface area contributed by atoms with Crippen molar-refractivity contribution < 1.29 is 14.6 Å². The minimum atomic E-state index is -0.887. The summed E-state index contributed by atoms with van der Waals surface area (Å²) in [7, 11) is 0. The first-order chi connectivity index (χ1) is 14.3. The van der Waals surface area contributed by atoms with Gasteiger partial charge in [-0.2, -0.15) is 0 Å². The van der Waals surface area contributed by atoms with Gasteiger partial charge in [0.2, 0.25) is 0 Å². The van der Waals surface area contributed by atoms with E-state index in [4.69, 9.17) is 4.74 Å². The largest absolute Gasteiger partial charge is 0.445 e. The molecule has 0 spiro atoms. The summed E-state index contributed by atoms with van der Waals surface area (Å²) < 4.78 is 5.64. The molecule has 4 heteroatoms. The normalized spacial score (nSPS) is 26.3. The van der Waals surface area contributed by atoms with Gasteiger partial charge in [-0.3, -0.25) is 0 Å². The lowest BCUT2D eigenvalue weighted by atomic mass is 9.72. The number of nitrogens with zero attached hydrogens (tertiary/aromatic N) is 1. The van der Waals surface area contributed by atoms with E-state index in [0.29, 0.717) is 12.8 Å². The van der Waals surface area contributed by atoms with Crippen molar-refractivity contribution in [3.05, 3.63) is 71.3 Å². The number of aliphatic hydroxyl groups is 1. The number of carbonyl (C=O) groups excluding carboxylic acids is 1. The summed E-state index contributed by atoms with van der Waals surface area (Å²) in [4.78, 5) is 14.8. The minimum absolute atomic E-state index is 0.0214. The molecule has 2 saturated heterocycles. The molecule has 0 aromatic heterocycles. The predicted molar refractivity (Wildman–Crippen MR) is 118 cm³/mol. The summed E-state index contributed by atoms with van der Waals surface area (Å²) in [5.74, 6) is 0. The van der Waals surface area contributed by atoms with Crippen molar-refractivity contribution in [1.82, 2.24) is 4.90 Å². The average Bonchev–Trinajstić information content (AvgIpc) is 2.71. The van der Waals surface area contributed by atoms with E-state index in [9.17, 15) is 9.90 Å². The van der Waals surface area contributed by atoms with Crippen molar-refractivity contribution in [3.63, 3.8) is 0 Å². The lowest BCUT2D eigenvalue weighted by Gasteiger charge is -2.51. The van der Waals surface area contributed by atoms with Crippen molar-refractivity contribution in [2.75, 3.05) is 0 Å². The van der Waals surface area contributed by atoms with Crippen LogP contribution in [-0.2, 0) is 22.4 Å². The summed E-state index contributed by atoms with van der Waals surface area (Å²) in [6.07, 6.45) is 3.81. The van der Waals surface area contributed by atoms with Crippen LogP contribution < -0.4 is 0 Å². The number of piperidine rings is 2. The van der Waals surface area contributed by atoms with Crippen LogP contribution >= 0.6 is 0 Å². The third-order valence-corrected chi connectivity index (χ3v) is 6.71. The predicted octanol–water partition coefficient (Wildman–Crippen LogP) is 5.53. The topological polar surface area (TPSA) is 49.8 Å². The number of rotatable bonds is 3. The molecule has 2 aliphatic rings. The van der Waals surface area contributed by atoms with Crippen LogP contribution in [0.5, 0.6) is 0 Å². The molecule has 4 nitrogen and oxygen atoms in total. The Labute approximate surface area is 179 Å². The van der Waals surface area contributed by atoms with Crippen LogP contribution in [0.1, 0.15) is 69.6 Å². The van der Waals surface area contributed by atoms with Gasteiger partial charge >= 0.3 is 6.09 Å². The lowest BCUT2D eigenvalue weighted by molar-refractivity contribution is -0.0896. The van der Waals surface area contributed by atoms with Gasteiger partial charge in [0.15, 0.2) is 0 Å². The molecule has 2 unspecified atom stereocenters. The molecule has 30 heavy (non-hydrogen) atoms. The summed E-state index contributed by atoms with van der Waals surface area (Å²) >= 11 is 0. The van der Waals surface area contributed by atoms with Gasteiger partial charge < -0.3 is 14.7 Å². The Morgan fingerprint density at radius 1 is 1.03 bits per heavy atom. The third-order valence-electron chi connectivity index (χ3n) is 6.71. The standard InChI is InChI=1S/C26H33NO3/c1-25(2,3)20-12-14-21(15-13-20)26(29)16-22-10-7-11-23(17-26)27(22)24(28)30-18-19-8-5-4-6-9-19/h4-6,8-9,12-15,22-23,29H,7,10-11,16-18H2,1-3H3. The highest BCUT2D eigenvalue weighted by molar-refractivity contribution is 5.69. The molecule has 0 radical (unpaired) electrons. The van der Waals surface area contributed by atoms with Gasteiger partial charge in [0.25, 0.3) is 0 Å². The van der Waals surface area contributed by atoms with Gasteiger partial charge in [-0.15, -0.1) is 0 Å². The van der Waals surface area contributed by atoms with Gasteiger partial charge in [0.05, 0.1) is 5.60 Å².